The zero-order valence-corrected chi connectivity index (χ0v) is 36.9. The maximum absolute atomic E-state index is 12.9. The van der Waals surface area contributed by atoms with Crippen LogP contribution in [0.25, 0.3) is 0 Å². The number of aliphatic hydroxyl groups is 1. The van der Waals surface area contributed by atoms with Crippen LogP contribution in [0.15, 0.2) is 0 Å². The first-order valence-electron chi connectivity index (χ1n) is 23.3. The lowest BCUT2D eigenvalue weighted by molar-refractivity contribution is -0.184. The minimum Gasteiger partial charge on any atom is -0.481 e. The van der Waals surface area contributed by atoms with Gasteiger partial charge in [-0.15, -0.1) is 0 Å². The number of esters is 3. The topological polar surface area (TPSA) is 211 Å². The SMILES string of the molecule is CCCCCCCCCCCCCCCCCCOC(CC(=O)OCCCCCCCCCCCCCCCC)(CC(=O)OC(=O)CC(O)(CC(=O)O)C(=O)O)C(=O)O. The van der Waals surface area contributed by atoms with E-state index >= 15 is 0 Å². The van der Waals surface area contributed by atoms with E-state index in [1.165, 1.54) is 122 Å². The van der Waals surface area contributed by atoms with Crippen molar-refractivity contribution >= 4 is 35.8 Å². The van der Waals surface area contributed by atoms with Crippen LogP contribution in [0.4, 0.5) is 0 Å². The molecule has 0 heterocycles. The lowest BCUT2D eigenvalue weighted by Crippen LogP contribution is -2.47. The number of carbonyl (C=O) groups excluding carboxylic acids is 3. The molecule has 0 aromatic carbocycles. The lowest BCUT2D eigenvalue weighted by atomic mass is 9.94. The maximum atomic E-state index is 12.9. The van der Waals surface area contributed by atoms with Crippen molar-refractivity contribution in [3.8, 4) is 0 Å². The number of ether oxygens (including phenoxy) is 3. The Bertz CT molecular complexity index is 1140. The Kier molecular flexibility index (Phi) is 34.9. The van der Waals surface area contributed by atoms with E-state index in [9.17, 15) is 44.1 Å². The molecular formula is C46H82O13. The first-order chi connectivity index (χ1) is 28.3. The monoisotopic (exact) mass is 843 g/mol. The second-order valence-corrected chi connectivity index (χ2v) is 16.6. The molecule has 13 nitrogen and oxygen atoms in total. The molecule has 344 valence electrons. The summed E-state index contributed by atoms with van der Waals surface area (Å²) in [4.78, 5) is 73.2. The van der Waals surface area contributed by atoms with Crippen LogP contribution in [-0.2, 0) is 43.0 Å². The van der Waals surface area contributed by atoms with Gasteiger partial charge in [0.05, 0.1) is 32.3 Å². The number of carbonyl (C=O) groups is 6. The third-order valence-electron chi connectivity index (χ3n) is 10.9. The first kappa shape index (κ1) is 55.9. The molecule has 0 saturated heterocycles. The molecule has 0 saturated carbocycles. The van der Waals surface area contributed by atoms with Gasteiger partial charge in [-0.05, 0) is 12.8 Å². The number of rotatable bonds is 43. The van der Waals surface area contributed by atoms with Crippen molar-refractivity contribution in [1.82, 2.24) is 0 Å². The van der Waals surface area contributed by atoms with Crippen LogP contribution >= 0.6 is 0 Å². The second kappa shape index (κ2) is 36.8. The van der Waals surface area contributed by atoms with Gasteiger partial charge in [-0.25, -0.2) is 9.59 Å². The fourth-order valence-electron chi connectivity index (χ4n) is 7.20. The Hall–Kier alpha value is -3.06. The van der Waals surface area contributed by atoms with Gasteiger partial charge in [-0.3, -0.25) is 19.2 Å². The molecule has 2 unspecified atom stereocenters. The van der Waals surface area contributed by atoms with E-state index in [1.54, 1.807) is 0 Å². The van der Waals surface area contributed by atoms with Gasteiger partial charge in [0.1, 0.15) is 0 Å². The molecule has 59 heavy (non-hydrogen) atoms. The Morgan fingerprint density at radius 3 is 1.05 bits per heavy atom. The van der Waals surface area contributed by atoms with Gasteiger partial charge in [0.15, 0.2) is 11.2 Å². The summed E-state index contributed by atoms with van der Waals surface area (Å²) in [6, 6.07) is 0. The lowest BCUT2D eigenvalue weighted by Gasteiger charge is -2.28. The van der Waals surface area contributed by atoms with Gasteiger partial charge in [0, 0.05) is 6.61 Å². The van der Waals surface area contributed by atoms with Crippen LogP contribution in [0.2, 0.25) is 0 Å². The maximum Gasteiger partial charge on any atom is 0.337 e. The summed E-state index contributed by atoms with van der Waals surface area (Å²) in [5, 5.41) is 38.6. The summed E-state index contributed by atoms with van der Waals surface area (Å²) in [6.45, 7) is 4.42. The van der Waals surface area contributed by atoms with E-state index in [0.29, 0.717) is 12.8 Å². The van der Waals surface area contributed by atoms with Crippen molar-refractivity contribution in [2.45, 2.75) is 243 Å². The predicted molar refractivity (Wildman–Crippen MR) is 227 cm³/mol. The molecule has 0 aliphatic rings. The highest BCUT2D eigenvalue weighted by Crippen LogP contribution is 2.26. The zero-order valence-electron chi connectivity index (χ0n) is 36.9. The number of unbranched alkanes of at least 4 members (excludes halogenated alkanes) is 28. The van der Waals surface area contributed by atoms with Crippen LogP contribution < -0.4 is 0 Å². The molecule has 2 atom stereocenters. The van der Waals surface area contributed by atoms with Crippen molar-refractivity contribution in [3.63, 3.8) is 0 Å². The second-order valence-electron chi connectivity index (χ2n) is 16.6. The van der Waals surface area contributed by atoms with E-state index in [2.05, 4.69) is 18.6 Å². The standard InChI is InChI=1S/C46H82O13/c1-3-5-7-9-11-13-15-17-19-20-22-24-26-28-30-32-34-58-46(44(54)55,38-42(51)59-41(50)36-45(56,43(52)53)35-39(47)48)37-40(49)57-33-31-29-27-25-23-21-18-16-14-12-10-8-6-4-2/h56H,3-38H2,1-2H3,(H,47,48)(H,52,53)(H,54,55). The number of aliphatic carboxylic acids is 3. The molecule has 0 spiro atoms. The zero-order chi connectivity index (χ0) is 44.0. The smallest absolute Gasteiger partial charge is 0.337 e. The van der Waals surface area contributed by atoms with Crippen LogP contribution in [0, 0.1) is 0 Å². The summed E-state index contributed by atoms with van der Waals surface area (Å²) in [5.41, 5.74) is -5.50. The summed E-state index contributed by atoms with van der Waals surface area (Å²) in [6.07, 6.45) is 29.9. The summed E-state index contributed by atoms with van der Waals surface area (Å²) in [7, 11) is 0. The van der Waals surface area contributed by atoms with Crippen molar-refractivity contribution < 1.29 is 63.4 Å². The quantitative estimate of drug-likeness (QED) is 0.0256. The fraction of sp³-hybridized carbons (Fsp3) is 0.870. The fourth-order valence-corrected chi connectivity index (χ4v) is 7.20. The number of hydrogen-bond donors (Lipinski definition) is 4. The third-order valence-corrected chi connectivity index (χ3v) is 10.9. The van der Waals surface area contributed by atoms with Gasteiger partial charge < -0.3 is 34.6 Å². The first-order valence-corrected chi connectivity index (χ1v) is 23.3. The van der Waals surface area contributed by atoms with Crippen LogP contribution in [0.1, 0.15) is 232 Å². The minimum atomic E-state index is -3.06. The van der Waals surface area contributed by atoms with Gasteiger partial charge in [-0.1, -0.05) is 194 Å². The van der Waals surface area contributed by atoms with Crippen molar-refractivity contribution in [1.29, 1.82) is 0 Å². The molecule has 0 aromatic rings. The van der Waals surface area contributed by atoms with Crippen LogP contribution in [-0.4, -0.2) is 80.7 Å². The highest BCUT2D eigenvalue weighted by atomic mass is 16.6. The van der Waals surface area contributed by atoms with Crippen molar-refractivity contribution in [3.05, 3.63) is 0 Å². The normalized spacial score (nSPS) is 13.3. The molecule has 0 aliphatic heterocycles. The van der Waals surface area contributed by atoms with Crippen molar-refractivity contribution in [2.75, 3.05) is 13.2 Å². The molecule has 0 rings (SSSR count). The largest absolute Gasteiger partial charge is 0.481 e. The molecular weight excluding hydrogens is 760 g/mol. The van der Waals surface area contributed by atoms with Gasteiger partial charge in [0.2, 0.25) is 0 Å². The Morgan fingerprint density at radius 1 is 0.390 bits per heavy atom. The van der Waals surface area contributed by atoms with E-state index in [-0.39, 0.29) is 13.2 Å². The predicted octanol–water partition coefficient (Wildman–Crippen LogP) is 10.6. The minimum absolute atomic E-state index is 0.0615. The molecule has 13 heteroatoms. The molecule has 0 aliphatic carbocycles. The van der Waals surface area contributed by atoms with E-state index in [4.69, 9.17) is 14.6 Å². The molecule has 0 fully saturated rings. The Balaban J connectivity index is 4.90. The van der Waals surface area contributed by atoms with Gasteiger partial charge in [-0.2, -0.15) is 0 Å². The molecule has 0 bridgehead atoms. The highest BCUT2D eigenvalue weighted by Gasteiger charge is 2.47. The molecule has 4 N–H and O–H groups in total. The Labute approximate surface area is 355 Å². The van der Waals surface area contributed by atoms with E-state index in [0.717, 1.165) is 57.8 Å². The van der Waals surface area contributed by atoms with E-state index in [1.807, 2.05) is 0 Å². The number of carboxylic acid groups (broad SMARTS) is 3. The summed E-state index contributed by atoms with van der Waals surface area (Å²) >= 11 is 0. The number of hydrogen-bond acceptors (Lipinski definition) is 10. The molecule has 0 radical (unpaired) electrons. The number of carboxylic acids is 3. The molecule has 0 aromatic heterocycles. The average Bonchev–Trinajstić information content (AvgIpc) is 3.16. The van der Waals surface area contributed by atoms with Gasteiger partial charge in [0.25, 0.3) is 0 Å². The van der Waals surface area contributed by atoms with Crippen LogP contribution in [0.5, 0.6) is 0 Å². The van der Waals surface area contributed by atoms with Gasteiger partial charge >= 0.3 is 35.8 Å². The van der Waals surface area contributed by atoms with E-state index < -0.39 is 72.7 Å². The summed E-state index contributed by atoms with van der Waals surface area (Å²) in [5.74, 6) is -9.33. The molecule has 0 amide bonds. The Morgan fingerprint density at radius 2 is 0.712 bits per heavy atom. The summed E-state index contributed by atoms with van der Waals surface area (Å²) < 4.78 is 15.7. The van der Waals surface area contributed by atoms with Crippen LogP contribution in [0.3, 0.4) is 0 Å². The third kappa shape index (κ3) is 31.5. The van der Waals surface area contributed by atoms with Crippen molar-refractivity contribution in [2.24, 2.45) is 0 Å². The average molecular weight is 843 g/mol. The highest BCUT2D eigenvalue weighted by molar-refractivity contribution is 5.95.